The molecule has 0 bridgehead atoms. The van der Waals surface area contributed by atoms with Crippen LogP contribution in [0.3, 0.4) is 0 Å². The summed E-state index contributed by atoms with van der Waals surface area (Å²) in [5.74, 6) is 2.01. The molecule has 0 aromatic heterocycles. The van der Waals surface area contributed by atoms with Gasteiger partial charge in [0.1, 0.15) is 0 Å². The molecule has 0 unspecified atom stereocenters. The van der Waals surface area contributed by atoms with Crippen LogP contribution in [0.15, 0.2) is 21.8 Å². The number of hydrogen-bond acceptors (Lipinski definition) is 0. The fourth-order valence-electron chi connectivity index (χ4n) is 3.39. The van der Waals surface area contributed by atoms with Crippen molar-refractivity contribution >= 4 is 16.1 Å². The van der Waals surface area contributed by atoms with E-state index in [2.05, 4.69) is 37.6 Å². The highest BCUT2D eigenvalue weighted by atomic mass is 28.3. The molecule has 0 saturated heterocycles. The Hall–Kier alpha value is -0.0862. The van der Waals surface area contributed by atoms with Crippen molar-refractivity contribution in [3.8, 4) is 0 Å². The number of allylic oxidation sites excluding steroid dienone is 2. The highest BCUT2D eigenvalue weighted by Crippen LogP contribution is 2.49. The third-order valence-corrected chi connectivity index (χ3v) is 11.3. The van der Waals surface area contributed by atoms with Gasteiger partial charge in [-0.15, -0.1) is 0 Å². The molecule has 0 nitrogen and oxygen atoms in total. The predicted molar refractivity (Wildman–Crippen MR) is 76.6 cm³/mol. The lowest BCUT2D eigenvalue weighted by atomic mass is 10.4. The summed E-state index contributed by atoms with van der Waals surface area (Å²) < 4.78 is 0. The Balaban J connectivity index is 1.99. The molecule has 1 heterocycles. The Bertz CT molecular complexity index is 342. The lowest BCUT2D eigenvalue weighted by Gasteiger charge is -2.36. The molecule has 2 aliphatic carbocycles. The normalized spacial score (nSPS) is 32.0. The van der Waals surface area contributed by atoms with Crippen molar-refractivity contribution in [2.75, 3.05) is 0 Å². The van der Waals surface area contributed by atoms with Crippen LogP contribution in [0.25, 0.3) is 0 Å². The minimum Gasteiger partial charge on any atom is -0.0946 e. The van der Waals surface area contributed by atoms with Crippen LogP contribution >= 0.6 is 0 Å². The largest absolute Gasteiger partial charge is 0.0980 e. The molecule has 0 atom stereocenters. The second-order valence-electron chi connectivity index (χ2n) is 7.19. The fourth-order valence-corrected chi connectivity index (χ4v) is 13.6. The zero-order valence-corrected chi connectivity index (χ0v) is 13.1. The molecule has 3 rings (SSSR count). The third-order valence-electron chi connectivity index (χ3n) is 4.56. The monoisotopic (exact) mass is 248 g/mol. The molecule has 1 aliphatic heterocycles. The average molecular weight is 249 g/mol. The Morgan fingerprint density at radius 3 is 1.31 bits per heavy atom. The van der Waals surface area contributed by atoms with E-state index in [1.54, 1.807) is 0 Å². The van der Waals surface area contributed by atoms with Gasteiger partial charge in [-0.1, -0.05) is 48.0 Å². The Labute approximate surface area is 102 Å². The molecular weight excluding hydrogens is 224 g/mol. The Kier molecular flexibility index (Phi) is 2.22. The van der Waals surface area contributed by atoms with E-state index in [1.165, 1.54) is 25.7 Å². The smallest absolute Gasteiger partial charge is 0.0946 e. The van der Waals surface area contributed by atoms with Crippen molar-refractivity contribution in [3.63, 3.8) is 0 Å². The first-order valence-electron chi connectivity index (χ1n) is 6.87. The molecule has 2 fully saturated rings. The number of hydrogen-bond donors (Lipinski definition) is 0. The first-order valence-corrected chi connectivity index (χ1v) is 13.0. The maximum Gasteiger partial charge on any atom is 0.0980 e. The van der Waals surface area contributed by atoms with Crippen molar-refractivity contribution in [2.24, 2.45) is 11.8 Å². The van der Waals surface area contributed by atoms with Gasteiger partial charge in [0.05, 0.1) is 16.1 Å². The second kappa shape index (κ2) is 3.23. The van der Waals surface area contributed by atoms with E-state index in [-0.39, 0.29) is 0 Å². The van der Waals surface area contributed by atoms with Gasteiger partial charge in [0.25, 0.3) is 0 Å². The van der Waals surface area contributed by atoms with Gasteiger partial charge in [0.2, 0.25) is 0 Å². The summed E-state index contributed by atoms with van der Waals surface area (Å²) in [7, 11) is -2.32. The lowest BCUT2D eigenvalue weighted by molar-refractivity contribution is 1.04. The first-order chi connectivity index (χ1) is 7.40. The predicted octanol–water partition coefficient (Wildman–Crippen LogP) is 4.25. The summed E-state index contributed by atoms with van der Waals surface area (Å²) in [6.07, 6.45) is 5.94. The van der Waals surface area contributed by atoms with Crippen LogP contribution in [0.1, 0.15) is 25.7 Å². The highest BCUT2D eigenvalue weighted by molar-refractivity contribution is 6.99. The van der Waals surface area contributed by atoms with E-state index in [4.69, 9.17) is 0 Å². The lowest BCUT2D eigenvalue weighted by Crippen LogP contribution is -2.41. The van der Waals surface area contributed by atoms with E-state index in [0.29, 0.717) is 0 Å². The molecule has 0 spiro atoms. The van der Waals surface area contributed by atoms with Crippen LogP contribution in [0.2, 0.25) is 26.2 Å². The van der Waals surface area contributed by atoms with Crippen LogP contribution in [0.5, 0.6) is 0 Å². The first kappa shape index (κ1) is 11.0. The molecule has 0 N–H and O–H groups in total. The summed E-state index contributed by atoms with van der Waals surface area (Å²) in [5.41, 5.74) is 5.62. The zero-order valence-electron chi connectivity index (χ0n) is 11.1. The van der Waals surface area contributed by atoms with Crippen molar-refractivity contribution in [3.05, 3.63) is 21.8 Å². The quantitative estimate of drug-likeness (QED) is 0.641. The minimum absolute atomic E-state index is 1.01. The summed E-state index contributed by atoms with van der Waals surface area (Å²) in [6, 6.07) is 0. The highest BCUT2D eigenvalue weighted by Gasteiger charge is 2.45. The maximum absolute atomic E-state index is 2.81. The molecule has 16 heavy (non-hydrogen) atoms. The standard InChI is InChI=1S/C14H24Si2/c1-15(2)9-14(12-7-8-12)16(3,4)10-13(15)11-5-6-11/h9-12H,5-8H2,1-4H3. The van der Waals surface area contributed by atoms with Gasteiger partial charge in [-0.05, 0) is 37.5 Å². The van der Waals surface area contributed by atoms with Crippen molar-refractivity contribution in [1.82, 2.24) is 0 Å². The molecular formula is C14H24Si2. The summed E-state index contributed by atoms with van der Waals surface area (Å²) >= 11 is 0. The Morgan fingerprint density at radius 1 is 0.750 bits per heavy atom. The minimum atomic E-state index is -1.16. The molecule has 0 radical (unpaired) electrons. The van der Waals surface area contributed by atoms with Gasteiger partial charge >= 0.3 is 0 Å². The zero-order chi connectivity index (χ0) is 11.6. The van der Waals surface area contributed by atoms with Crippen molar-refractivity contribution < 1.29 is 0 Å². The molecule has 0 aromatic rings. The maximum atomic E-state index is 2.81. The van der Waals surface area contributed by atoms with E-state index < -0.39 is 16.1 Å². The number of rotatable bonds is 2. The topological polar surface area (TPSA) is 0 Å². The van der Waals surface area contributed by atoms with Gasteiger partial charge < -0.3 is 0 Å². The molecule has 0 amide bonds. The fraction of sp³-hybridized carbons (Fsp3) is 0.714. The van der Waals surface area contributed by atoms with Crippen LogP contribution in [-0.2, 0) is 0 Å². The molecule has 88 valence electrons. The van der Waals surface area contributed by atoms with Gasteiger partial charge in [-0.2, -0.15) is 0 Å². The Morgan fingerprint density at radius 2 is 1.06 bits per heavy atom. The van der Waals surface area contributed by atoms with Gasteiger partial charge in [-0.25, -0.2) is 0 Å². The van der Waals surface area contributed by atoms with Crippen LogP contribution in [0, 0.1) is 11.8 Å². The SMILES string of the molecule is C[Si]1(C)C=C(C2CC2)[Si](C)(C)C=C1C1CC1. The van der Waals surface area contributed by atoms with Gasteiger partial charge in [0.15, 0.2) is 0 Å². The molecule has 2 saturated carbocycles. The molecule has 2 heteroatoms. The van der Waals surface area contributed by atoms with E-state index >= 15 is 0 Å². The van der Waals surface area contributed by atoms with Gasteiger partial charge in [0, 0.05) is 0 Å². The molecule has 3 aliphatic rings. The summed E-state index contributed by atoms with van der Waals surface area (Å²) in [4.78, 5) is 0. The van der Waals surface area contributed by atoms with Crippen LogP contribution in [0.4, 0.5) is 0 Å². The van der Waals surface area contributed by atoms with E-state index in [1.807, 2.05) is 10.4 Å². The summed E-state index contributed by atoms with van der Waals surface area (Å²) in [6.45, 7) is 10.3. The summed E-state index contributed by atoms with van der Waals surface area (Å²) in [5, 5.41) is 3.85. The van der Waals surface area contributed by atoms with E-state index in [0.717, 1.165) is 11.8 Å². The molecule has 0 aromatic carbocycles. The second-order valence-corrected chi connectivity index (χ2v) is 15.8. The van der Waals surface area contributed by atoms with Crippen molar-refractivity contribution in [2.45, 2.75) is 51.9 Å². The van der Waals surface area contributed by atoms with Crippen LogP contribution < -0.4 is 0 Å². The average Bonchev–Trinajstić information content (AvgIpc) is 3.00. The van der Waals surface area contributed by atoms with Crippen LogP contribution in [-0.4, -0.2) is 16.1 Å². The third kappa shape index (κ3) is 1.80. The van der Waals surface area contributed by atoms with Gasteiger partial charge in [-0.3, -0.25) is 0 Å². The van der Waals surface area contributed by atoms with Crippen molar-refractivity contribution in [1.29, 1.82) is 0 Å². The van der Waals surface area contributed by atoms with E-state index in [9.17, 15) is 0 Å².